The minimum atomic E-state index is -5.01. The number of phosphoric ester groups is 1. The van der Waals surface area contributed by atoms with Crippen LogP contribution < -0.4 is 15.9 Å². The fourth-order valence-electron chi connectivity index (χ4n) is 7.91. The highest BCUT2D eigenvalue weighted by Gasteiger charge is 2.35. The largest absolute Gasteiger partial charge is 0.756 e. The van der Waals surface area contributed by atoms with Gasteiger partial charge in [-0.2, -0.15) is 0 Å². The maximum absolute atomic E-state index is 13.4. The monoisotopic (exact) mass is 848 g/mol. The lowest BCUT2D eigenvalue weighted by atomic mass is 9.84. The lowest BCUT2D eigenvalue weighted by Gasteiger charge is -2.18. The third-order valence-electron chi connectivity index (χ3n) is 11.2. The Balaban J connectivity index is 0.000000790. The van der Waals surface area contributed by atoms with Crippen molar-refractivity contribution < 1.29 is 49.2 Å². The van der Waals surface area contributed by atoms with E-state index in [9.17, 15) is 34.1 Å². The second-order valence-electron chi connectivity index (χ2n) is 15.4. The number of unbranched alkanes of at least 4 members (excludes halogenated alkanes) is 5. The molecule has 0 radical (unpaired) electrons. The molecule has 326 valence electrons. The Hall–Kier alpha value is -4.92. The molecule has 60 heavy (non-hydrogen) atoms. The summed E-state index contributed by atoms with van der Waals surface area (Å²) in [5.41, 5.74) is 12.6. The first kappa shape index (κ1) is 47.8. The van der Waals surface area contributed by atoms with Gasteiger partial charge in [-0.05, 0) is 86.9 Å². The number of amides is 1. The minimum absolute atomic E-state index is 0.0251. The molecule has 3 aromatic rings. The highest BCUT2D eigenvalue weighted by molar-refractivity contribution is 7.44. The summed E-state index contributed by atoms with van der Waals surface area (Å²) in [7, 11) is -5.01. The van der Waals surface area contributed by atoms with Crippen LogP contribution in [0.1, 0.15) is 141 Å². The molecule has 0 aliphatic carbocycles. The summed E-state index contributed by atoms with van der Waals surface area (Å²) in [4.78, 5) is 74.9. The van der Waals surface area contributed by atoms with Crippen molar-refractivity contribution >= 4 is 65.0 Å². The summed E-state index contributed by atoms with van der Waals surface area (Å²) >= 11 is 0. The van der Waals surface area contributed by atoms with Gasteiger partial charge >= 0.3 is 11.9 Å². The van der Waals surface area contributed by atoms with Crippen LogP contribution in [0.4, 0.5) is 0 Å². The number of hydrogen-bond acceptors (Lipinski definition) is 8. The average molecular weight is 849 g/mol. The molecule has 3 atom stereocenters. The quantitative estimate of drug-likeness (QED) is 0.0528. The number of carboxylic acids is 2. The van der Waals surface area contributed by atoms with Gasteiger partial charge in [0.05, 0.1) is 42.2 Å². The normalized spacial score (nSPS) is 15.9. The number of carbonyl (C=O) groups is 3. The van der Waals surface area contributed by atoms with Gasteiger partial charge in [0.25, 0.3) is 7.82 Å². The van der Waals surface area contributed by atoms with Crippen molar-refractivity contribution in [2.45, 2.75) is 118 Å². The summed E-state index contributed by atoms with van der Waals surface area (Å²) in [6, 6.07) is 5.68. The fourth-order valence-corrected chi connectivity index (χ4v) is 8.23. The summed E-state index contributed by atoms with van der Waals surface area (Å²) < 4.78 is 15.4. The average Bonchev–Trinajstić information content (AvgIpc) is 3.87. The predicted octanol–water partition coefficient (Wildman–Crippen LogP) is 6.63. The molecule has 15 nitrogen and oxygen atoms in total. The van der Waals surface area contributed by atoms with Crippen LogP contribution in [-0.2, 0) is 36.3 Å². The van der Waals surface area contributed by atoms with E-state index in [1.54, 1.807) is 19.1 Å². The van der Waals surface area contributed by atoms with Gasteiger partial charge in [-0.3, -0.25) is 19.1 Å². The van der Waals surface area contributed by atoms with E-state index in [4.69, 9.17) is 14.9 Å². The molecule has 2 aliphatic heterocycles. The van der Waals surface area contributed by atoms with E-state index >= 15 is 0 Å². The molecule has 16 heteroatoms. The highest BCUT2D eigenvalue weighted by Crippen LogP contribution is 2.44. The molecule has 5 heterocycles. The SMILES string of the molecule is C=Cc1c(C)c2cc3nc(c(CC(=O)NCCOP(=O)([O-])O)c4nc(cc5[nH]c(cc1[nH]2)c(C)c5CC)C(C)=C4C(=O)O)[C@@H](CCC(=O)O)[C@@H]3C.CCCCCCCC[NH3+]. The minimum Gasteiger partial charge on any atom is -0.756 e. The number of carboxylic acid groups (broad SMARTS) is 2. The van der Waals surface area contributed by atoms with Crippen molar-refractivity contribution in [1.29, 1.82) is 0 Å². The third kappa shape index (κ3) is 11.9. The Morgan fingerprint density at radius 1 is 0.967 bits per heavy atom. The number of aryl methyl sites for hydroxylation is 3. The summed E-state index contributed by atoms with van der Waals surface area (Å²) in [6.07, 6.45) is 10.3. The zero-order valence-corrected chi connectivity index (χ0v) is 36.6. The second-order valence-corrected chi connectivity index (χ2v) is 16.6. The highest BCUT2D eigenvalue weighted by atomic mass is 31.2. The summed E-state index contributed by atoms with van der Waals surface area (Å²) in [5.74, 6) is -3.78. The molecule has 8 bridgehead atoms. The fraction of sp³-hybridized carbons (Fsp3) is 0.477. The van der Waals surface area contributed by atoms with Crippen LogP contribution in [0, 0.1) is 13.8 Å². The number of rotatable bonds is 18. The number of aromatic amines is 2. The molecule has 3 aromatic heterocycles. The van der Waals surface area contributed by atoms with Crippen molar-refractivity contribution in [3.63, 3.8) is 0 Å². The molecular formula is C44H61N6O9P. The van der Waals surface area contributed by atoms with Gasteiger partial charge in [0, 0.05) is 63.7 Å². The number of carbonyl (C=O) groups excluding carboxylic acids is 1. The van der Waals surface area contributed by atoms with Crippen LogP contribution in [-0.4, -0.2) is 72.6 Å². The van der Waals surface area contributed by atoms with Gasteiger partial charge in [0.1, 0.15) is 0 Å². The zero-order valence-electron chi connectivity index (χ0n) is 35.7. The molecule has 0 spiro atoms. The Bertz CT molecular complexity index is 2320. The Morgan fingerprint density at radius 3 is 2.25 bits per heavy atom. The number of allylic oxidation sites excluding steroid dienone is 1. The molecule has 0 saturated heterocycles. The van der Waals surface area contributed by atoms with E-state index in [0.717, 1.165) is 50.9 Å². The molecule has 1 amide bonds. The van der Waals surface area contributed by atoms with Crippen molar-refractivity contribution in [2.24, 2.45) is 0 Å². The van der Waals surface area contributed by atoms with Gasteiger partial charge in [-0.25, -0.2) is 9.78 Å². The predicted molar refractivity (Wildman–Crippen MR) is 232 cm³/mol. The Morgan fingerprint density at radius 2 is 1.63 bits per heavy atom. The first-order chi connectivity index (χ1) is 28.5. The molecule has 0 fully saturated rings. The smallest absolute Gasteiger partial charge is 0.338 e. The van der Waals surface area contributed by atoms with E-state index in [1.807, 2.05) is 39.8 Å². The second kappa shape index (κ2) is 21.6. The maximum atomic E-state index is 13.4. The van der Waals surface area contributed by atoms with Gasteiger partial charge in [-0.1, -0.05) is 59.1 Å². The molecule has 9 N–H and O–H groups in total. The lowest BCUT2D eigenvalue weighted by Crippen LogP contribution is -2.50. The number of phosphoric acid groups is 1. The van der Waals surface area contributed by atoms with E-state index in [-0.39, 0.29) is 42.1 Å². The van der Waals surface area contributed by atoms with Crippen molar-refractivity contribution in [1.82, 2.24) is 25.3 Å². The molecule has 2 aliphatic rings. The number of nitrogens with one attached hydrogen (secondary N) is 3. The van der Waals surface area contributed by atoms with Crippen molar-refractivity contribution in [3.8, 4) is 0 Å². The van der Waals surface area contributed by atoms with E-state index in [2.05, 4.69) is 39.0 Å². The van der Waals surface area contributed by atoms with Crippen LogP contribution in [0.25, 0.3) is 39.3 Å². The molecule has 0 aromatic carbocycles. The van der Waals surface area contributed by atoms with Crippen LogP contribution in [0.5, 0.6) is 0 Å². The number of aliphatic carboxylic acids is 2. The summed E-state index contributed by atoms with van der Waals surface area (Å²) in [6.45, 7) is 16.1. The van der Waals surface area contributed by atoms with E-state index in [1.165, 1.54) is 38.5 Å². The molecule has 1 unspecified atom stereocenters. The number of hydrogen-bond donors (Lipinski definition) is 7. The van der Waals surface area contributed by atoms with E-state index in [0.29, 0.717) is 29.1 Å². The van der Waals surface area contributed by atoms with Crippen LogP contribution in [0.3, 0.4) is 0 Å². The third-order valence-corrected chi connectivity index (χ3v) is 11.7. The lowest BCUT2D eigenvalue weighted by molar-refractivity contribution is -0.368. The van der Waals surface area contributed by atoms with Crippen LogP contribution in [0.2, 0.25) is 0 Å². The Kier molecular flexibility index (Phi) is 17.2. The topological polar surface area (TPSA) is 258 Å². The van der Waals surface area contributed by atoms with Crippen LogP contribution >= 0.6 is 7.82 Å². The summed E-state index contributed by atoms with van der Waals surface area (Å²) in [5, 5.41) is 22.7. The zero-order chi connectivity index (χ0) is 44.3. The standard InChI is InChI=1S/C36H42N5O9P.C8H19N/c1-7-21-17(3)25-14-27-19(5)23(9-10-32(43)44)34(40-27)24(13-31(42)37-11-12-50-51(47,48)49)35-33(36(45)46)20(6)28(41-35)16-30-22(8-2)18(4)26(39-30)15-29(21)38-25;1-2-3-4-5-6-7-8-9/h7,14-16,19,23,38-39H,1,8-13H2,2-6H3,(H,37,42)(H,43,44)(H,45,46)(H2,47,48,49);2-9H2,1H3/t19-,23-;/m0./s1. The first-order valence-electron chi connectivity index (χ1n) is 20.7. The van der Waals surface area contributed by atoms with Gasteiger partial charge in [-0.15, -0.1) is 0 Å². The molecular weight excluding hydrogens is 787 g/mol. The van der Waals surface area contributed by atoms with Crippen molar-refractivity contribution in [3.05, 3.63) is 75.4 Å². The van der Waals surface area contributed by atoms with Gasteiger partial charge in [0.2, 0.25) is 5.91 Å². The van der Waals surface area contributed by atoms with Gasteiger partial charge < -0.3 is 45.5 Å². The van der Waals surface area contributed by atoms with Crippen LogP contribution in [0.15, 0.2) is 24.8 Å². The molecule has 5 rings (SSSR count). The Labute approximate surface area is 351 Å². The maximum Gasteiger partial charge on any atom is 0.338 e. The van der Waals surface area contributed by atoms with E-state index < -0.39 is 44.6 Å². The number of H-pyrrole nitrogens is 2. The van der Waals surface area contributed by atoms with Gasteiger partial charge in [0.15, 0.2) is 0 Å². The van der Waals surface area contributed by atoms with Crippen molar-refractivity contribution in [2.75, 3.05) is 19.7 Å². The first-order valence-corrected chi connectivity index (χ1v) is 22.2. The molecule has 0 saturated carbocycles. The number of fused-ring (bicyclic) bond motifs is 8. The number of aromatic nitrogens is 4. The number of nitrogens with zero attached hydrogens (tertiary/aromatic N) is 2. The number of quaternary nitrogens is 1.